The first-order valence-corrected chi connectivity index (χ1v) is 9.31. The molecule has 2 aromatic rings. The fourth-order valence-corrected chi connectivity index (χ4v) is 3.40. The van der Waals surface area contributed by atoms with E-state index in [0.29, 0.717) is 39.1 Å². The highest BCUT2D eigenvalue weighted by Crippen LogP contribution is 2.32. The molecule has 1 aliphatic heterocycles. The van der Waals surface area contributed by atoms with Gasteiger partial charge in [0, 0.05) is 23.9 Å². The van der Waals surface area contributed by atoms with Crippen molar-refractivity contribution in [1.82, 2.24) is 10.6 Å². The zero-order chi connectivity index (χ0) is 21.8. The number of non-ortho nitro benzene ring substituents is 1. The number of thiocarbonyl (C=S) groups is 1. The van der Waals surface area contributed by atoms with Crippen molar-refractivity contribution in [2.45, 2.75) is 13.0 Å². The fraction of sp³-hybridized carbons (Fsp3) is 0.200. The number of benzene rings is 2. The molecule has 0 saturated carbocycles. The summed E-state index contributed by atoms with van der Waals surface area (Å²) in [5, 5.41) is 20.2. The smallest absolute Gasteiger partial charge is 0.269 e. The van der Waals surface area contributed by atoms with Crippen molar-refractivity contribution >= 4 is 34.6 Å². The van der Waals surface area contributed by atoms with Crippen LogP contribution in [-0.2, 0) is 4.79 Å². The van der Waals surface area contributed by atoms with Crippen LogP contribution in [0.4, 0.5) is 11.4 Å². The average molecular weight is 428 g/mol. The number of nitrogens with zero attached hydrogens (tertiary/aromatic N) is 1. The molecule has 3 rings (SSSR count). The molecule has 156 valence electrons. The van der Waals surface area contributed by atoms with Gasteiger partial charge in [0.05, 0.1) is 36.4 Å². The van der Waals surface area contributed by atoms with Crippen molar-refractivity contribution < 1.29 is 19.2 Å². The van der Waals surface area contributed by atoms with E-state index in [1.807, 2.05) is 0 Å². The van der Waals surface area contributed by atoms with Crippen LogP contribution in [0.2, 0.25) is 0 Å². The van der Waals surface area contributed by atoms with E-state index in [0.717, 1.165) is 0 Å². The van der Waals surface area contributed by atoms with E-state index < -0.39 is 11.0 Å². The molecule has 0 unspecified atom stereocenters. The Morgan fingerprint density at radius 1 is 1.17 bits per heavy atom. The van der Waals surface area contributed by atoms with Crippen LogP contribution in [-0.4, -0.2) is 30.2 Å². The third-order valence-corrected chi connectivity index (χ3v) is 4.83. The van der Waals surface area contributed by atoms with E-state index in [1.165, 1.54) is 26.4 Å². The Bertz CT molecular complexity index is 1040. The minimum absolute atomic E-state index is 0.0371. The van der Waals surface area contributed by atoms with E-state index in [2.05, 4.69) is 16.0 Å². The van der Waals surface area contributed by atoms with Gasteiger partial charge in [-0.3, -0.25) is 14.9 Å². The lowest BCUT2D eigenvalue weighted by molar-refractivity contribution is -0.384. The lowest BCUT2D eigenvalue weighted by atomic mass is 9.94. The summed E-state index contributed by atoms with van der Waals surface area (Å²) in [4.78, 5) is 23.6. The third-order valence-electron chi connectivity index (χ3n) is 4.61. The molecular weight excluding hydrogens is 408 g/mol. The van der Waals surface area contributed by atoms with Crippen LogP contribution in [0.15, 0.2) is 53.7 Å². The first kappa shape index (κ1) is 21.1. The monoisotopic (exact) mass is 428 g/mol. The van der Waals surface area contributed by atoms with Crippen LogP contribution in [0.1, 0.15) is 18.5 Å². The van der Waals surface area contributed by atoms with Gasteiger partial charge in [-0.2, -0.15) is 0 Å². The predicted octanol–water partition coefficient (Wildman–Crippen LogP) is 3.04. The predicted molar refractivity (Wildman–Crippen MR) is 116 cm³/mol. The highest BCUT2D eigenvalue weighted by atomic mass is 32.1. The van der Waals surface area contributed by atoms with E-state index in [-0.39, 0.29) is 11.6 Å². The second-order valence-electron chi connectivity index (χ2n) is 6.44. The van der Waals surface area contributed by atoms with Gasteiger partial charge in [-0.1, -0.05) is 0 Å². The van der Waals surface area contributed by atoms with E-state index >= 15 is 0 Å². The van der Waals surface area contributed by atoms with E-state index in [4.69, 9.17) is 21.7 Å². The van der Waals surface area contributed by atoms with Crippen LogP contribution in [0.3, 0.4) is 0 Å². The average Bonchev–Trinajstić information content (AvgIpc) is 2.73. The van der Waals surface area contributed by atoms with E-state index in [9.17, 15) is 14.9 Å². The Morgan fingerprint density at radius 3 is 2.47 bits per heavy atom. The number of nitro benzene ring substituents is 1. The first-order valence-electron chi connectivity index (χ1n) is 8.90. The summed E-state index contributed by atoms with van der Waals surface area (Å²) in [7, 11) is 3.04. The van der Waals surface area contributed by atoms with Crippen LogP contribution < -0.4 is 25.4 Å². The highest BCUT2D eigenvalue weighted by Gasteiger charge is 2.30. The summed E-state index contributed by atoms with van der Waals surface area (Å²) in [5.41, 5.74) is 2.07. The number of nitro groups is 1. The SMILES string of the molecule is COc1ccc(NC(=O)C2=C(C)NC(=S)N[C@H]2c2ccc([N+](=O)[O-])cc2)c(OC)c1. The summed E-state index contributed by atoms with van der Waals surface area (Å²) in [6.45, 7) is 1.74. The topological polar surface area (TPSA) is 115 Å². The fourth-order valence-electron chi connectivity index (χ4n) is 3.12. The number of methoxy groups -OCH3 is 2. The van der Waals surface area contributed by atoms with E-state index in [1.54, 1.807) is 37.3 Å². The van der Waals surface area contributed by atoms with Gasteiger partial charge in [-0.05, 0) is 49.0 Å². The van der Waals surface area contributed by atoms with Crippen LogP contribution >= 0.6 is 12.2 Å². The molecule has 1 aliphatic rings. The molecule has 9 nitrogen and oxygen atoms in total. The summed E-state index contributed by atoms with van der Waals surface area (Å²) < 4.78 is 10.5. The van der Waals surface area contributed by atoms with Gasteiger partial charge in [0.2, 0.25) is 0 Å². The molecule has 2 aromatic carbocycles. The zero-order valence-corrected chi connectivity index (χ0v) is 17.3. The summed E-state index contributed by atoms with van der Waals surface area (Å²) in [5.74, 6) is 0.664. The normalized spacial score (nSPS) is 15.7. The minimum atomic E-state index is -0.580. The summed E-state index contributed by atoms with van der Waals surface area (Å²) >= 11 is 5.23. The molecule has 10 heteroatoms. The molecule has 0 aromatic heterocycles. The number of hydrogen-bond donors (Lipinski definition) is 3. The Morgan fingerprint density at radius 2 is 1.87 bits per heavy atom. The Hall–Kier alpha value is -3.66. The number of allylic oxidation sites excluding steroid dienone is 1. The summed E-state index contributed by atoms with van der Waals surface area (Å²) in [6.07, 6.45) is 0. The maximum Gasteiger partial charge on any atom is 0.269 e. The van der Waals surface area contributed by atoms with Crippen LogP contribution in [0, 0.1) is 10.1 Å². The lowest BCUT2D eigenvalue weighted by Crippen LogP contribution is -2.45. The zero-order valence-electron chi connectivity index (χ0n) is 16.5. The molecule has 30 heavy (non-hydrogen) atoms. The maximum atomic E-state index is 13.2. The second-order valence-corrected chi connectivity index (χ2v) is 6.85. The molecule has 0 bridgehead atoms. The number of carbonyl (C=O) groups excluding carboxylic acids is 1. The number of rotatable bonds is 6. The van der Waals surface area contributed by atoms with Gasteiger partial charge >= 0.3 is 0 Å². The largest absolute Gasteiger partial charge is 0.497 e. The maximum absolute atomic E-state index is 13.2. The molecule has 0 aliphatic carbocycles. The minimum Gasteiger partial charge on any atom is -0.497 e. The lowest BCUT2D eigenvalue weighted by Gasteiger charge is -2.30. The van der Waals surface area contributed by atoms with Crippen molar-refractivity contribution in [3.63, 3.8) is 0 Å². The first-order chi connectivity index (χ1) is 14.3. The van der Waals surface area contributed by atoms with Crippen LogP contribution in [0.25, 0.3) is 0 Å². The van der Waals surface area contributed by atoms with Gasteiger partial charge < -0.3 is 25.4 Å². The van der Waals surface area contributed by atoms with Gasteiger partial charge in [0.25, 0.3) is 11.6 Å². The number of ether oxygens (including phenoxy) is 2. The number of hydrogen-bond acceptors (Lipinski definition) is 6. The van der Waals surface area contributed by atoms with Crippen LogP contribution in [0.5, 0.6) is 11.5 Å². The molecule has 0 saturated heterocycles. The molecule has 1 heterocycles. The van der Waals surface area contributed by atoms with Gasteiger partial charge in [-0.15, -0.1) is 0 Å². The second kappa shape index (κ2) is 8.78. The van der Waals surface area contributed by atoms with Gasteiger partial charge in [0.1, 0.15) is 11.5 Å². The highest BCUT2D eigenvalue weighted by molar-refractivity contribution is 7.80. The molecule has 0 fully saturated rings. The molecule has 0 spiro atoms. The molecule has 0 radical (unpaired) electrons. The Labute approximate surface area is 178 Å². The van der Waals surface area contributed by atoms with Crippen molar-refractivity contribution in [2.75, 3.05) is 19.5 Å². The Balaban J connectivity index is 1.94. The Kier molecular flexibility index (Phi) is 6.17. The molecular formula is C20H20N4O5S. The number of amides is 1. The van der Waals surface area contributed by atoms with Crippen molar-refractivity contribution in [2.24, 2.45) is 0 Å². The quantitative estimate of drug-likeness (QED) is 0.365. The van der Waals surface area contributed by atoms with Crippen molar-refractivity contribution in [1.29, 1.82) is 0 Å². The van der Waals surface area contributed by atoms with Gasteiger partial charge in [0.15, 0.2) is 5.11 Å². The molecule has 1 amide bonds. The molecule has 1 atom stereocenters. The summed E-state index contributed by atoms with van der Waals surface area (Å²) in [6, 6.07) is 10.4. The van der Waals surface area contributed by atoms with Crippen molar-refractivity contribution in [3.05, 3.63) is 69.4 Å². The standard InChI is InChI=1S/C20H20N4O5S/c1-11-17(19(25)22-15-9-8-14(28-2)10-16(15)29-3)18(23-20(30)21-11)12-4-6-13(7-5-12)24(26)27/h4-10,18H,1-3H3,(H,22,25)(H2,21,23,30)/t18-/m0/s1. The number of anilines is 1. The number of nitrogens with one attached hydrogen (secondary N) is 3. The van der Waals surface area contributed by atoms with Gasteiger partial charge in [-0.25, -0.2) is 0 Å². The number of carbonyl (C=O) groups is 1. The molecule has 3 N–H and O–H groups in total. The van der Waals surface area contributed by atoms with Crippen molar-refractivity contribution in [3.8, 4) is 11.5 Å². The third kappa shape index (κ3) is 4.33.